The number of pyridine rings is 1. The lowest BCUT2D eigenvalue weighted by Gasteiger charge is -2.29. The number of rotatable bonds is 2. The molecule has 0 amide bonds. The SMILES string of the molecule is COc1ccc(N2CCNCC2)n2nccc12. The Labute approximate surface area is 100.0 Å². The van der Waals surface area contributed by atoms with Crippen molar-refractivity contribution < 1.29 is 4.74 Å². The van der Waals surface area contributed by atoms with Crippen LogP contribution in [-0.4, -0.2) is 42.9 Å². The monoisotopic (exact) mass is 232 g/mol. The van der Waals surface area contributed by atoms with Crippen LogP contribution in [0.5, 0.6) is 5.75 Å². The molecule has 3 rings (SSSR count). The normalized spacial score (nSPS) is 16.4. The second kappa shape index (κ2) is 4.25. The van der Waals surface area contributed by atoms with E-state index in [1.165, 1.54) is 0 Å². The van der Waals surface area contributed by atoms with E-state index in [-0.39, 0.29) is 0 Å². The molecule has 0 spiro atoms. The Morgan fingerprint density at radius 1 is 1.24 bits per heavy atom. The van der Waals surface area contributed by atoms with E-state index >= 15 is 0 Å². The standard InChI is InChI=1S/C12H16N4O/c1-17-11-2-3-12(15-8-6-13-7-9-15)16-10(11)4-5-14-16/h2-5,13H,6-9H2,1H3. The van der Waals surface area contributed by atoms with Crippen molar-refractivity contribution in [3.05, 3.63) is 24.4 Å². The highest BCUT2D eigenvalue weighted by atomic mass is 16.5. The summed E-state index contributed by atoms with van der Waals surface area (Å²) in [5, 5.41) is 7.73. The third-order valence-electron chi connectivity index (χ3n) is 3.16. The number of aromatic nitrogens is 2. The second-order valence-electron chi connectivity index (χ2n) is 4.13. The quantitative estimate of drug-likeness (QED) is 0.829. The maximum atomic E-state index is 5.34. The van der Waals surface area contributed by atoms with Crippen molar-refractivity contribution in [1.82, 2.24) is 14.9 Å². The van der Waals surface area contributed by atoms with Crippen LogP contribution in [-0.2, 0) is 0 Å². The van der Waals surface area contributed by atoms with Gasteiger partial charge in [-0.2, -0.15) is 5.10 Å². The molecule has 1 saturated heterocycles. The Balaban J connectivity index is 2.07. The minimum absolute atomic E-state index is 0.862. The number of hydrogen-bond donors (Lipinski definition) is 1. The van der Waals surface area contributed by atoms with Gasteiger partial charge in [0.05, 0.1) is 13.3 Å². The molecule has 5 heteroatoms. The molecule has 0 radical (unpaired) electrons. The summed E-state index contributed by atoms with van der Waals surface area (Å²) >= 11 is 0. The van der Waals surface area contributed by atoms with Gasteiger partial charge in [-0.15, -0.1) is 0 Å². The molecular formula is C12H16N4O. The molecule has 1 N–H and O–H groups in total. The van der Waals surface area contributed by atoms with Crippen LogP contribution in [0.25, 0.3) is 5.52 Å². The molecule has 1 aliphatic rings. The van der Waals surface area contributed by atoms with Gasteiger partial charge in [0.25, 0.3) is 0 Å². The molecule has 2 aromatic heterocycles. The lowest BCUT2D eigenvalue weighted by atomic mass is 10.3. The number of fused-ring (bicyclic) bond motifs is 1. The molecule has 1 aliphatic heterocycles. The molecule has 0 bridgehead atoms. The Morgan fingerprint density at radius 2 is 2.06 bits per heavy atom. The smallest absolute Gasteiger partial charge is 0.144 e. The predicted octanol–water partition coefficient (Wildman–Crippen LogP) is 0.752. The van der Waals surface area contributed by atoms with Gasteiger partial charge in [-0.05, 0) is 18.2 Å². The van der Waals surface area contributed by atoms with Crippen LogP contribution < -0.4 is 15.0 Å². The van der Waals surface area contributed by atoms with Crippen LogP contribution in [0.1, 0.15) is 0 Å². The van der Waals surface area contributed by atoms with Crippen molar-refractivity contribution in [2.24, 2.45) is 0 Å². The molecule has 3 heterocycles. The molecule has 17 heavy (non-hydrogen) atoms. The van der Waals surface area contributed by atoms with Crippen LogP contribution in [0.4, 0.5) is 5.82 Å². The first kappa shape index (κ1) is 10.4. The first-order valence-corrected chi connectivity index (χ1v) is 5.86. The molecule has 0 unspecified atom stereocenters. The van der Waals surface area contributed by atoms with Crippen molar-refractivity contribution in [1.29, 1.82) is 0 Å². The lowest BCUT2D eigenvalue weighted by Crippen LogP contribution is -2.44. The van der Waals surface area contributed by atoms with E-state index in [1.54, 1.807) is 7.11 Å². The average molecular weight is 232 g/mol. The van der Waals surface area contributed by atoms with E-state index < -0.39 is 0 Å². The predicted molar refractivity (Wildman–Crippen MR) is 66.8 cm³/mol. The van der Waals surface area contributed by atoms with Crippen LogP contribution in [0, 0.1) is 0 Å². The molecule has 1 fully saturated rings. The van der Waals surface area contributed by atoms with Crippen LogP contribution in [0.15, 0.2) is 24.4 Å². The van der Waals surface area contributed by atoms with E-state index in [9.17, 15) is 0 Å². The summed E-state index contributed by atoms with van der Waals surface area (Å²) in [4.78, 5) is 2.34. The van der Waals surface area contributed by atoms with Crippen molar-refractivity contribution >= 4 is 11.3 Å². The summed E-state index contributed by atoms with van der Waals surface area (Å²) in [6.07, 6.45) is 1.81. The highest BCUT2D eigenvalue weighted by Crippen LogP contribution is 2.25. The van der Waals surface area contributed by atoms with E-state index in [4.69, 9.17) is 4.74 Å². The summed E-state index contributed by atoms with van der Waals surface area (Å²) in [6.45, 7) is 4.08. The molecule has 0 aliphatic carbocycles. The summed E-state index contributed by atoms with van der Waals surface area (Å²) in [7, 11) is 1.69. The zero-order valence-electron chi connectivity index (χ0n) is 9.89. The van der Waals surface area contributed by atoms with Crippen molar-refractivity contribution in [3.63, 3.8) is 0 Å². The lowest BCUT2D eigenvalue weighted by molar-refractivity contribution is 0.417. The van der Waals surface area contributed by atoms with Gasteiger partial charge in [-0.25, -0.2) is 4.52 Å². The minimum atomic E-state index is 0.862. The summed E-state index contributed by atoms with van der Waals surface area (Å²) in [5.41, 5.74) is 1.02. The molecular weight excluding hydrogens is 216 g/mol. The highest BCUT2D eigenvalue weighted by Gasteiger charge is 2.15. The number of anilines is 1. The molecule has 2 aromatic rings. The first-order valence-electron chi connectivity index (χ1n) is 5.86. The van der Waals surface area contributed by atoms with E-state index in [0.717, 1.165) is 43.3 Å². The molecule has 5 nitrogen and oxygen atoms in total. The van der Waals surface area contributed by atoms with Gasteiger partial charge >= 0.3 is 0 Å². The minimum Gasteiger partial charge on any atom is -0.494 e. The van der Waals surface area contributed by atoms with E-state index in [1.807, 2.05) is 22.8 Å². The van der Waals surface area contributed by atoms with Crippen LogP contribution in [0.2, 0.25) is 0 Å². The van der Waals surface area contributed by atoms with E-state index in [0.29, 0.717) is 0 Å². The van der Waals surface area contributed by atoms with Crippen molar-refractivity contribution in [2.75, 3.05) is 38.2 Å². The average Bonchev–Trinajstić information content (AvgIpc) is 2.88. The van der Waals surface area contributed by atoms with Crippen molar-refractivity contribution in [3.8, 4) is 5.75 Å². The first-order chi connectivity index (χ1) is 8.40. The number of nitrogens with zero attached hydrogens (tertiary/aromatic N) is 3. The zero-order chi connectivity index (χ0) is 11.7. The second-order valence-corrected chi connectivity index (χ2v) is 4.13. The van der Waals surface area contributed by atoms with Gasteiger partial charge in [0.2, 0.25) is 0 Å². The summed E-state index contributed by atoms with van der Waals surface area (Å²) < 4.78 is 7.28. The number of ether oxygens (including phenoxy) is 1. The molecule has 0 atom stereocenters. The number of piperazine rings is 1. The molecule has 90 valence electrons. The van der Waals surface area contributed by atoms with Crippen LogP contribution >= 0.6 is 0 Å². The molecule has 0 saturated carbocycles. The van der Waals surface area contributed by atoms with Gasteiger partial charge in [-0.1, -0.05) is 0 Å². The third-order valence-corrected chi connectivity index (χ3v) is 3.16. The van der Waals surface area contributed by atoms with Gasteiger partial charge in [0.1, 0.15) is 17.1 Å². The zero-order valence-corrected chi connectivity index (χ0v) is 9.89. The summed E-state index contributed by atoms with van der Waals surface area (Å²) in [6, 6.07) is 6.06. The number of hydrogen-bond acceptors (Lipinski definition) is 4. The molecule has 0 aromatic carbocycles. The van der Waals surface area contributed by atoms with Crippen LogP contribution in [0.3, 0.4) is 0 Å². The Hall–Kier alpha value is -1.75. The van der Waals surface area contributed by atoms with Gasteiger partial charge in [0, 0.05) is 26.2 Å². The maximum Gasteiger partial charge on any atom is 0.144 e. The maximum absolute atomic E-state index is 5.34. The fourth-order valence-electron chi connectivity index (χ4n) is 2.28. The van der Waals surface area contributed by atoms with Gasteiger partial charge in [0.15, 0.2) is 0 Å². The topological polar surface area (TPSA) is 41.8 Å². The number of nitrogens with one attached hydrogen (secondary N) is 1. The largest absolute Gasteiger partial charge is 0.494 e. The third kappa shape index (κ3) is 1.72. The fourth-order valence-corrected chi connectivity index (χ4v) is 2.28. The summed E-state index contributed by atoms with van der Waals surface area (Å²) in [5.74, 6) is 1.99. The fraction of sp³-hybridized carbons (Fsp3) is 0.417. The number of methoxy groups -OCH3 is 1. The Bertz CT molecular complexity index is 516. The van der Waals surface area contributed by atoms with E-state index in [2.05, 4.69) is 21.4 Å². The van der Waals surface area contributed by atoms with Gasteiger partial charge < -0.3 is 15.0 Å². The Kier molecular flexibility index (Phi) is 2.60. The van der Waals surface area contributed by atoms with Crippen molar-refractivity contribution in [2.45, 2.75) is 0 Å². The highest BCUT2D eigenvalue weighted by molar-refractivity contribution is 5.64. The van der Waals surface area contributed by atoms with Gasteiger partial charge in [-0.3, -0.25) is 0 Å². The Morgan fingerprint density at radius 3 is 2.82 bits per heavy atom.